The second-order valence-corrected chi connectivity index (χ2v) is 7.94. The minimum atomic E-state index is -0.712. The molecule has 0 radical (unpaired) electrons. The lowest BCUT2D eigenvalue weighted by Crippen LogP contribution is -2.44. The molecule has 8 heteroatoms. The highest BCUT2D eigenvalue weighted by Gasteiger charge is 2.40. The Morgan fingerprint density at radius 1 is 1.10 bits per heavy atom. The standard InChI is InChI=1S/C23H26N6O2/c1-2-23(21(30)31)6-9-29(10-7-23)22-27-13-16(14-28-22)15-11-17(20(25)18(24)12-15)19-5-3-4-8-26-19/h3-5,8,11-14H,2,6-7,9-10,24-25H2,1H3,(H,30,31). The molecule has 3 aromatic rings. The van der Waals surface area contributed by atoms with Crippen LogP contribution in [0.4, 0.5) is 17.3 Å². The van der Waals surface area contributed by atoms with Gasteiger partial charge in [-0.2, -0.15) is 0 Å². The molecule has 2 aromatic heterocycles. The predicted octanol–water partition coefficient (Wildman–Crippen LogP) is 3.45. The molecule has 0 unspecified atom stereocenters. The SMILES string of the molecule is CCC1(C(=O)O)CCN(c2ncc(-c3cc(N)c(N)c(-c4ccccn4)c3)cn2)CC1. The molecule has 8 nitrogen and oxygen atoms in total. The molecule has 31 heavy (non-hydrogen) atoms. The Kier molecular flexibility index (Phi) is 5.46. The zero-order valence-electron chi connectivity index (χ0n) is 17.5. The quantitative estimate of drug-likeness (QED) is 0.537. The smallest absolute Gasteiger partial charge is 0.309 e. The van der Waals surface area contributed by atoms with E-state index in [9.17, 15) is 9.90 Å². The number of benzene rings is 1. The van der Waals surface area contributed by atoms with E-state index >= 15 is 0 Å². The molecule has 4 rings (SSSR count). The highest BCUT2D eigenvalue weighted by atomic mass is 16.4. The van der Waals surface area contributed by atoms with Crippen LogP contribution in [0.2, 0.25) is 0 Å². The lowest BCUT2D eigenvalue weighted by atomic mass is 9.76. The number of pyridine rings is 1. The van der Waals surface area contributed by atoms with Gasteiger partial charge in [-0.3, -0.25) is 9.78 Å². The first kappa shape index (κ1) is 20.6. The summed E-state index contributed by atoms with van der Waals surface area (Å²) in [5, 5.41) is 9.58. The molecular formula is C23H26N6O2. The topological polar surface area (TPSA) is 131 Å². The molecule has 1 fully saturated rings. The van der Waals surface area contributed by atoms with Crippen molar-refractivity contribution in [1.82, 2.24) is 15.0 Å². The number of rotatable bonds is 5. The molecular weight excluding hydrogens is 392 g/mol. The highest BCUT2D eigenvalue weighted by molar-refractivity contribution is 5.88. The zero-order chi connectivity index (χ0) is 22.0. The molecule has 0 spiro atoms. The van der Waals surface area contributed by atoms with E-state index < -0.39 is 11.4 Å². The van der Waals surface area contributed by atoms with Gasteiger partial charge in [0.2, 0.25) is 5.95 Å². The van der Waals surface area contributed by atoms with Gasteiger partial charge < -0.3 is 21.5 Å². The minimum absolute atomic E-state index is 0.475. The van der Waals surface area contributed by atoms with E-state index in [4.69, 9.17) is 11.5 Å². The molecule has 0 aliphatic carbocycles. The Morgan fingerprint density at radius 3 is 2.39 bits per heavy atom. The van der Waals surface area contributed by atoms with Crippen LogP contribution in [-0.4, -0.2) is 39.1 Å². The number of nitrogen functional groups attached to an aromatic ring is 2. The van der Waals surface area contributed by atoms with E-state index in [1.165, 1.54) is 0 Å². The van der Waals surface area contributed by atoms with Crippen LogP contribution in [0, 0.1) is 5.41 Å². The van der Waals surface area contributed by atoms with Crippen LogP contribution in [0.1, 0.15) is 26.2 Å². The second-order valence-electron chi connectivity index (χ2n) is 7.94. The van der Waals surface area contributed by atoms with Gasteiger partial charge in [-0.25, -0.2) is 9.97 Å². The van der Waals surface area contributed by atoms with Crippen molar-refractivity contribution in [3.05, 3.63) is 48.9 Å². The van der Waals surface area contributed by atoms with Crippen molar-refractivity contribution >= 4 is 23.3 Å². The molecule has 1 aliphatic heterocycles. The number of hydrogen-bond acceptors (Lipinski definition) is 7. The van der Waals surface area contributed by atoms with Crippen molar-refractivity contribution < 1.29 is 9.90 Å². The molecule has 0 bridgehead atoms. The first-order valence-corrected chi connectivity index (χ1v) is 10.3. The molecule has 0 saturated carbocycles. The Morgan fingerprint density at radius 2 is 1.81 bits per heavy atom. The first-order chi connectivity index (χ1) is 14.9. The Balaban J connectivity index is 1.57. The van der Waals surface area contributed by atoms with Crippen LogP contribution in [-0.2, 0) is 4.79 Å². The van der Waals surface area contributed by atoms with Crippen molar-refractivity contribution in [3.63, 3.8) is 0 Å². The number of aliphatic carboxylic acids is 1. The van der Waals surface area contributed by atoms with Gasteiger partial charge in [-0.15, -0.1) is 0 Å². The van der Waals surface area contributed by atoms with Crippen molar-refractivity contribution in [2.75, 3.05) is 29.5 Å². The van der Waals surface area contributed by atoms with Crippen LogP contribution in [0.25, 0.3) is 22.4 Å². The van der Waals surface area contributed by atoms with Gasteiger partial charge >= 0.3 is 5.97 Å². The van der Waals surface area contributed by atoms with E-state index in [2.05, 4.69) is 15.0 Å². The zero-order valence-corrected chi connectivity index (χ0v) is 17.5. The number of nitrogens with zero attached hydrogens (tertiary/aromatic N) is 4. The van der Waals surface area contributed by atoms with Gasteiger partial charge in [0.25, 0.3) is 0 Å². The molecule has 1 aromatic carbocycles. The van der Waals surface area contributed by atoms with E-state index in [-0.39, 0.29) is 0 Å². The van der Waals surface area contributed by atoms with E-state index in [0.717, 1.165) is 22.4 Å². The lowest BCUT2D eigenvalue weighted by molar-refractivity contribution is -0.150. The van der Waals surface area contributed by atoms with Gasteiger partial charge in [-0.1, -0.05) is 13.0 Å². The fraction of sp³-hybridized carbons (Fsp3) is 0.304. The Labute approximate surface area is 181 Å². The molecule has 160 valence electrons. The van der Waals surface area contributed by atoms with Gasteiger partial charge in [-0.05, 0) is 49.1 Å². The summed E-state index contributed by atoms with van der Waals surface area (Å²) in [6.45, 7) is 3.18. The Bertz CT molecular complexity index is 1080. The van der Waals surface area contributed by atoms with Crippen molar-refractivity contribution in [3.8, 4) is 22.4 Å². The summed E-state index contributed by atoms with van der Waals surface area (Å²) in [6, 6.07) is 9.39. The third-order valence-electron chi connectivity index (χ3n) is 6.26. The molecule has 3 heterocycles. The maximum absolute atomic E-state index is 11.7. The van der Waals surface area contributed by atoms with Gasteiger partial charge in [0, 0.05) is 42.8 Å². The number of carbonyl (C=O) groups is 1. The number of anilines is 3. The normalized spacial score (nSPS) is 15.6. The minimum Gasteiger partial charge on any atom is -0.481 e. The maximum atomic E-state index is 11.7. The Hall–Kier alpha value is -3.68. The first-order valence-electron chi connectivity index (χ1n) is 10.3. The van der Waals surface area contributed by atoms with Crippen molar-refractivity contribution in [2.45, 2.75) is 26.2 Å². The van der Waals surface area contributed by atoms with Crippen LogP contribution in [0.5, 0.6) is 0 Å². The van der Waals surface area contributed by atoms with Gasteiger partial charge in [0.15, 0.2) is 0 Å². The molecule has 1 saturated heterocycles. The number of aromatic nitrogens is 3. The third-order valence-corrected chi connectivity index (χ3v) is 6.26. The molecule has 1 aliphatic rings. The van der Waals surface area contributed by atoms with Gasteiger partial charge in [0.1, 0.15) is 0 Å². The van der Waals surface area contributed by atoms with E-state index in [1.54, 1.807) is 18.6 Å². The summed E-state index contributed by atoms with van der Waals surface area (Å²) in [5.74, 6) is -0.109. The summed E-state index contributed by atoms with van der Waals surface area (Å²) in [7, 11) is 0. The summed E-state index contributed by atoms with van der Waals surface area (Å²) in [5.41, 5.74) is 15.9. The number of carboxylic acid groups (broad SMARTS) is 1. The van der Waals surface area contributed by atoms with E-state index in [0.29, 0.717) is 49.7 Å². The third kappa shape index (κ3) is 3.88. The summed E-state index contributed by atoms with van der Waals surface area (Å²) < 4.78 is 0. The second kappa shape index (κ2) is 8.22. The summed E-state index contributed by atoms with van der Waals surface area (Å²) >= 11 is 0. The molecule has 5 N–H and O–H groups in total. The van der Waals surface area contributed by atoms with Gasteiger partial charge in [0.05, 0.1) is 22.5 Å². The van der Waals surface area contributed by atoms with Crippen molar-refractivity contribution in [2.24, 2.45) is 5.41 Å². The van der Waals surface area contributed by atoms with Crippen molar-refractivity contribution in [1.29, 1.82) is 0 Å². The average Bonchev–Trinajstić information content (AvgIpc) is 2.81. The highest BCUT2D eigenvalue weighted by Crippen LogP contribution is 2.37. The van der Waals surface area contributed by atoms with Crippen LogP contribution in [0.15, 0.2) is 48.9 Å². The summed E-state index contributed by atoms with van der Waals surface area (Å²) in [6.07, 6.45) is 7.04. The molecule has 0 amide bonds. The fourth-order valence-corrected chi connectivity index (χ4v) is 4.06. The van der Waals surface area contributed by atoms with Crippen LogP contribution < -0.4 is 16.4 Å². The predicted molar refractivity (Wildman–Crippen MR) is 121 cm³/mol. The largest absolute Gasteiger partial charge is 0.481 e. The fourth-order valence-electron chi connectivity index (χ4n) is 4.06. The average molecular weight is 419 g/mol. The molecule has 0 atom stereocenters. The number of carboxylic acids is 1. The number of piperidine rings is 1. The number of nitrogens with two attached hydrogens (primary N) is 2. The van der Waals surface area contributed by atoms with E-state index in [1.807, 2.05) is 42.2 Å². The van der Waals surface area contributed by atoms with Crippen LogP contribution in [0.3, 0.4) is 0 Å². The summed E-state index contributed by atoms with van der Waals surface area (Å²) in [4.78, 5) is 27.1. The monoisotopic (exact) mass is 418 g/mol. The lowest BCUT2D eigenvalue weighted by Gasteiger charge is -2.38. The maximum Gasteiger partial charge on any atom is 0.309 e. The van der Waals surface area contributed by atoms with Crippen LogP contribution >= 0.6 is 0 Å². The number of hydrogen-bond donors (Lipinski definition) is 3.